The van der Waals surface area contributed by atoms with Crippen molar-refractivity contribution in [2.45, 2.75) is 68.3 Å². The lowest BCUT2D eigenvalue weighted by atomic mass is 9.95. The first kappa shape index (κ1) is 20.3. The van der Waals surface area contributed by atoms with Gasteiger partial charge in [0, 0.05) is 24.7 Å². The monoisotopic (exact) mass is 414 g/mol. The van der Waals surface area contributed by atoms with E-state index in [0.717, 1.165) is 61.1 Å². The van der Waals surface area contributed by atoms with E-state index in [4.69, 9.17) is 4.74 Å². The van der Waals surface area contributed by atoms with Gasteiger partial charge in [0.15, 0.2) is 11.0 Å². The molecule has 0 bridgehead atoms. The van der Waals surface area contributed by atoms with Crippen LogP contribution in [0.4, 0.5) is 0 Å². The van der Waals surface area contributed by atoms with E-state index in [-0.39, 0.29) is 11.2 Å². The lowest BCUT2D eigenvalue weighted by Gasteiger charge is -2.26. The zero-order valence-electron chi connectivity index (χ0n) is 17.3. The third-order valence-corrected chi connectivity index (χ3v) is 7.04. The molecule has 1 saturated carbocycles. The molecule has 2 fully saturated rings. The normalized spacial score (nSPS) is 18.8. The Morgan fingerprint density at radius 1 is 1.07 bits per heavy atom. The molecule has 2 aliphatic rings. The highest BCUT2D eigenvalue weighted by Crippen LogP contribution is 2.37. The fourth-order valence-electron chi connectivity index (χ4n) is 4.37. The first-order chi connectivity index (χ1) is 14.2. The van der Waals surface area contributed by atoms with Gasteiger partial charge in [-0.1, -0.05) is 31.0 Å². The van der Waals surface area contributed by atoms with E-state index >= 15 is 0 Å². The van der Waals surface area contributed by atoms with Gasteiger partial charge in [0.1, 0.15) is 5.75 Å². The van der Waals surface area contributed by atoms with Crippen LogP contribution in [0.2, 0.25) is 0 Å². The summed E-state index contributed by atoms with van der Waals surface area (Å²) in [5.74, 6) is 1.94. The lowest BCUT2D eigenvalue weighted by Crippen LogP contribution is -2.34. The molecule has 156 valence electrons. The summed E-state index contributed by atoms with van der Waals surface area (Å²) in [5, 5.41) is 9.80. The van der Waals surface area contributed by atoms with Crippen molar-refractivity contribution in [3.05, 3.63) is 24.3 Å². The second-order valence-electron chi connectivity index (χ2n) is 7.99. The number of ether oxygens (including phenoxy) is 1. The maximum Gasteiger partial charge on any atom is 0.235 e. The quantitative estimate of drug-likeness (QED) is 0.649. The van der Waals surface area contributed by atoms with E-state index in [9.17, 15) is 4.79 Å². The van der Waals surface area contributed by atoms with Crippen molar-refractivity contribution in [2.75, 3.05) is 20.2 Å². The number of amides is 1. The van der Waals surface area contributed by atoms with E-state index in [1.807, 2.05) is 36.1 Å². The summed E-state index contributed by atoms with van der Waals surface area (Å²) < 4.78 is 7.59. The molecule has 1 aromatic carbocycles. The molecule has 1 unspecified atom stereocenters. The van der Waals surface area contributed by atoms with Gasteiger partial charge in [-0.15, -0.1) is 10.2 Å². The van der Waals surface area contributed by atoms with Gasteiger partial charge in [-0.2, -0.15) is 0 Å². The van der Waals surface area contributed by atoms with Crippen molar-refractivity contribution in [1.29, 1.82) is 0 Å². The fraction of sp³-hybridized carbons (Fsp3) is 0.591. The molecule has 2 heterocycles. The summed E-state index contributed by atoms with van der Waals surface area (Å²) in [6, 6.07) is 8.39. The highest BCUT2D eigenvalue weighted by Gasteiger charge is 2.29. The number of aromatic nitrogens is 3. The number of nitrogens with zero attached hydrogens (tertiary/aromatic N) is 4. The SMILES string of the molecule is COc1ccc(-c2nnc(SC(C)C(=O)N3CCCC3)n2C2CCCCC2)cc1. The first-order valence-electron chi connectivity index (χ1n) is 10.7. The molecule has 0 radical (unpaired) electrons. The molecule has 1 amide bonds. The molecule has 1 atom stereocenters. The number of methoxy groups -OCH3 is 1. The van der Waals surface area contributed by atoms with Crippen LogP contribution in [0.25, 0.3) is 11.4 Å². The Morgan fingerprint density at radius 3 is 2.41 bits per heavy atom. The maximum atomic E-state index is 12.8. The summed E-state index contributed by atoms with van der Waals surface area (Å²) in [4.78, 5) is 14.8. The molecule has 1 aliphatic carbocycles. The average Bonchev–Trinajstić information content (AvgIpc) is 3.44. The van der Waals surface area contributed by atoms with Crippen molar-refractivity contribution in [1.82, 2.24) is 19.7 Å². The number of hydrogen-bond acceptors (Lipinski definition) is 5. The van der Waals surface area contributed by atoms with Crippen LogP contribution in [-0.4, -0.2) is 51.0 Å². The second-order valence-corrected chi connectivity index (χ2v) is 9.30. The van der Waals surface area contributed by atoms with Crippen LogP contribution in [0, 0.1) is 0 Å². The van der Waals surface area contributed by atoms with Gasteiger partial charge >= 0.3 is 0 Å². The number of benzene rings is 1. The molecule has 1 aliphatic heterocycles. The second kappa shape index (κ2) is 9.20. The summed E-state index contributed by atoms with van der Waals surface area (Å²) in [7, 11) is 1.67. The summed E-state index contributed by atoms with van der Waals surface area (Å²) in [6.45, 7) is 3.77. The van der Waals surface area contributed by atoms with Crippen LogP contribution >= 0.6 is 11.8 Å². The lowest BCUT2D eigenvalue weighted by molar-refractivity contribution is -0.129. The largest absolute Gasteiger partial charge is 0.497 e. The maximum absolute atomic E-state index is 12.8. The van der Waals surface area contributed by atoms with Crippen molar-refractivity contribution in [3.8, 4) is 17.1 Å². The molecule has 7 heteroatoms. The molecule has 0 N–H and O–H groups in total. The Hall–Kier alpha value is -2.02. The average molecular weight is 415 g/mol. The van der Waals surface area contributed by atoms with E-state index in [1.165, 1.54) is 19.3 Å². The van der Waals surface area contributed by atoms with Crippen molar-refractivity contribution in [3.63, 3.8) is 0 Å². The molecule has 29 heavy (non-hydrogen) atoms. The number of likely N-dealkylation sites (tertiary alicyclic amines) is 1. The molecule has 1 saturated heterocycles. The molecule has 6 nitrogen and oxygen atoms in total. The Labute approximate surface area is 177 Å². The predicted molar refractivity (Wildman–Crippen MR) is 115 cm³/mol. The zero-order valence-corrected chi connectivity index (χ0v) is 18.2. The molecule has 0 spiro atoms. The minimum Gasteiger partial charge on any atom is -0.497 e. The predicted octanol–water partition coefficient (Wildman–Crippen LogP) is 4.56. The standard InChI is InChI=1S/C22H30N4O2S/c1-16(21(27)25-14-6-7-15-25)29-22-24-23-20(17-10-12-19(28-2)13-11-17)26(22)18-8-4-3-5-9-18/h10-13,16,18H,3-9,14-15H2,1-2H3. The van der Waals surface area contributed by atoms with Crippen molar-refractivity contribution in [2.24, 2.45) is 0 Å². The molecule has 1 aromatic heterocycles. The number of hydrogen-bond donors (Lipinski definition) is 0. The topological polar surface area (TPSA) is 60.3 Å². The Kier molecular flexibility index (Phi) is 6.43. The van der Waals surface area contributed by atoms with Crippen LogP contribution in [0.1, 0.15) is 57.9 Å². The number of thioether (sulfide) groups is 1. The van der Waals surface area contributed by atoms with Crippen LogP contribution in [0.3, 0.4) is 0 Å². The third-order valence-electron chi connectivity index (χ3n) is 6.00. The van der Waals surface area contributed by atoms with Crippen LogP contribution in [-0.2, 0) is 4.79 Å². The van der Waals surface area contributed by atoms with Crippen molar-refractivity contribution < 1.29 is 9.53 Å². The van der Waals surface area contributed by atoms with Crippen molar-refractivity contribution >= 4 is 17.7 Å². The van der Waals surface area contributed by atoms with Gasteiger partial charge in [0.25, 0.3) is 0 Å². The Morgan fingerprint density at radius 2 is 1.76 bits per heavy atom. The van der Waals surface area contributed by atoms with Crippen LogP contribution in [0.15, 0.2) is 29.4 Å². The number of carbonyl (C=O) groups is 1. The van der Waals surface area contributed by atoms with Gasteiger partial charge in [-0.3, -0.25) is 9.36 Å². The van der Waals surface area contributed by atoms with Gasteiger partial charge in [0.2, 0.25) is 5.91 Å². The minimum absolute atomic E-state index is 0.150. The smallest absolute Gasteiger partial charge is 0.235 e. The summed E-state index contributed by atoms with van der Waals surface area (Å²) in [6.07, 6.45) is 8.27. The van der Waals surface area contributed by atoms with Gasteiger partial charge < -0.3 is 9.64 Å². The van der Waals surface area contributed by atoms with E-state index in [1.54, 1.807) is 18.9 Å². The third kappa shape index (κ3) is 4.44. The number of rotatable bonds is 6. The zero-order chi connectivity index (χ0) is 20.2. The number of carbonyl (C=O) groups excluding carboxylic acids is 1. The highest BCUT2D eigenvalue weighted by atomic mass is 32.2. The summed E-state index contributed by atoms with van der Waals surface area (Å²) >= 11 is 1.56. The van der Waals surface area contributed by atoms with Gasteiger partial charge in [0.05, 0.1) is 12.4 Å². The fourth-order valence-corrected chi connectivity index (χ4v) is 5.37. The van der Waals surface area contributed by atoms with Gasteiger partial charge in [-0.25, -0.2) is 0 Å². The van der Waals surface area contributed by atoms with E-state index in [0.29, 0.717) is 6.04 Å². The highest BCUT2D eigenvalue weighted by molar-refractivity contribution is 8.00. The Bertz CT molecular complexity index is 824. The van der Waals surface area contributed by atoms with Gasteiger partial charge in [-0.05, 0) is 56.9 Å². The molecule has 4 rings (SSSR count). The van der Waals surface area contributed by atoms with E-state index < -0.39 is 0 Å². The van der Waals surface area contributed by atoms with E-state index in [2.05, 4.69) is 14.8 Å². The Balaban J connectivity index is 1.62. The first-order valence-corrected chi connectivity index (χ1v) is 11.6. The minimum atomic E-state index is -0.150. The summed E-state index contributed by atoms with van der Waals surface area (Å²) in [5.41, 5.74) is 1.04. The molecular weight excluding hydrogens is 384 g/mol. The molecule has 2 aromatic rings. The van der Waals surface area contributed by atoms with Crippen LogP contribution < -0.4 is 4.74 Å². The van der Waals surface area contributed by atoms with Crippen LogP contribution in [0.5, 0.6) is 5.75 Å². The molecular formula is C22H30N4O2S.